The SMILES string of the molecule is CN=C(NCCc1c(C)noc1C)NCC(c1ccc(OC)cc1)N1CCOCC1.I. The summed E-state index contributed by atoms with van der Waals surface area (Å²) in [6.07, 6.45) is 0.841. The van der Waals surface area contributed by atoms with Crippen LogP contribution in [0.2, 0.25) is 0 Å². The molecule has 1 unspecified atom stereocenters. The number of hydrogen-bond donors (Lipinski definition) is 2. The van der Waals surface area contributed by atoms with Crippen molar-refractivity contribution in [2.45, 2.75) is 26.3 Å². The Kier molecular flexibility index (Phi) is 10.6. The predicted octanol–water partition coefficient (Wildman–Crippen LogP) is 2.70. The van der Waals surface area contributed by atoms with Crippen LogP contribution in [0.5, 0.6) is 5.75 Å². The molecule has 9 heteroatoms. The molecule has 0 bridgehead atoms. The Morgan fingerprint density at radius 2 is 1.90 bits per heavy atom. The number of methoxy groups -OCH3 is 1. The normalized spacial score (nSPS) is 15.8. The minimum atomic E-state index is 0. The van der Waals surface area contributed by atoms with Crippen LogP contribution in [0, 0.1) is 13.8 Å². The Bertz CT molecular complexity index is 800. The highest BCUT2D eigenvalue weighted by Crippen LogP contribution is 2.23. The van der Waals surface area contributed by atoms with E-state index in [1.807, 2.05) is 26.0 Å². The topological polar surface area (TPSA) is 84.2 Å². The number of halogens is 1. The lowest BCUT2D eigenvalue weighted by molar-refractivity contribution is 0.0170. The maximum Gasteiger partial charge on any atom is 0.191 e. The van der Waals surface area contributed by atoms with Crippen molar-refractivity contribution in [3.05, 3.63) is 46.8 Å². The van der Waals surface area contributed by atoms with Crippen molar-refractivity contribution in [2.75, 3.05) is 53.6 Å². The number of aromatic nitrogens is 1. The molecule has 2 N–H and O–H groups in total. The molecule has 1 aliphatic heterocycles. The van der Waals surface area contributed by atoms with Crippen LogP contribution in [0.25, 0.3) is 0 Å². The van der Waals surface area contributed by atoms with Gasteiger partial charge in [-0.1, -0.05) is 17.3 Å². The third-order valence-electron chi connectivity index (χ3n) is 5.52. The number of nitrogens with one attached hydrogen (secondary N) is 2. The van der Waals surface area contributed by atoms with Gasteiger partial charge in [0.05, 0.1) is 32.1 Å². The Morgan fingerprint density at radius 3 is 2.48 bits per heavy atom. The molecule has 0 aliphatic carbocycles. The Morgan fingerprint density at radius 1 is 1.19 bits per heavy atom. The summed E-state index contributed by atoms with van der Waals surface area (Å²) in [7, 11) is 3.48. The average molecular weight is 543 g/mol. The third-order valence-corrected chi connectivity index (χ3v) is 5.52. The van der Waals surface area contributed by atoms with Gasteiger partial charge in [-0.25, -0.2) is 0 Å². The van der Waals surface area contributed by atoms with Crippen LogP contribution in [-0.2, 0) is 11.2 Å². The van der Waals surface area contributed by atoms with Crippen molar-refractivity contribution >= 4 is 29.9 Å². The van der Waals surface area contributed by atoms with Gasteiger partial charge in [-0.3, -0.25) is 9.89 Å². The van der Waals surface area contributed by atoms with E-state index in [0.717, 1.165) is 74.5 Å². The molecule has 0 amide bonds. The fourth-order valence-electron chi connectivity index (χ4n) is 3.75. The monoisotopic (exact) mass is 543 g/mol. The van der Waals surface area contributed by atoms with Crippen LogP contribution in [0.15, 0.2) is 33.8 Å². The van der Waals surface area contributed by atoms with Crippen LogP contribution in [0.3, 0.4) is 0 Å². The standard InChI is InChI=1S/C22H33N5O3.HI/c1-16-20(17(2)30-26-16)9-10-24-22(23-3)25-15-21(27-11-13-29-14-12-27)18-5-7-19(28-4)8-6-18;/h5-8,21H,9-15H2,1-4H3,(H2,23,24,25);1H. The molecule has 8 nitrogen and oxygen atoms in total. The molecule has 0 spiro atoms. The first-order valence-corrected chi connectivity index (χ1v) is 10.4. The lowest BCUT2D eigenvalue weighted by Gasteiger charge is -2.35. The highest BCUT2D eigenvalue weighted by Gasteiger charge is 2.23. The number of rotatable bonds is 8. The van der Waals surface area contributed by atoms with Crippen LogP contribution in [-0.4, -0.2) is 69.6 Å². The second kappa shape index (κ2) is 12.9. The molecule has 3 rings (SSSR count). The second-order valence-electron chi connectivity index (χ2n) is 7.37. The van der Waals surface area contributed by atoms with Crippen LogP contribution in [0.1, 0.15) is 28.6 Å². The van der Waals surface area contributed by atoms with Gasteiger partial charge >= 0.3 is 0 Å². The average Bonchev–Trinajstić information content (AvgIpc) is 3.11. The van der Waals surface area contributed by atoms with Crippen LogP contribution in [0.4, 0.5) is 0 Å². The maximum atomic E-state index is 5.55. The largest absolute Gasteiger partial charge is 0.497 e. The molecule has 2 heterocycles. The molecule has 0 radical (unpaired) electrons. The van der Waals surface area contributed by atoms with Gasteiger partial charge < -0.3 is 24.6 Å². The molecule has 2 aromatic rings. The molecule has 1 atom stereocenters. The summed E-state index contributed by atoms with van der Waals surface area (Å²) >= 11 is 0. The van der Waals surface area contributed by atoms with Crippen molar-refractivity contribution in [1.29, 1.82) is 0 Å². The summed E-state index contributed by atoms with van der Waals surface area (Å²) in [4.78, 5) is 6.84. The molecule has 1 aromatic heterocycles. The molecule has 0 saturated carbocycles. The lowest BCUT2D eigenvalue weighted by atomic mass is 10.0. The quantitative estimate of drug-likeness (QED) is 0.301. The minimum Gasteiger partial charge on any atom is -0.497 e. The molecular weight excluding hydrogens is 509 g/mol. The smallest absolute Gasteiger partial charge is 0.191 e. The first kappa shape index (κ1) is 25.4. The molecule has 172 valence electrons. The molecular formula is C22H34IN5O3. The number of aliphatic imine (C=N–C) groups is 1. The van der Waals surface area contributed by atoms with E-state index in [1.54, 1.807) is 14.2 Å². The van der Waals surface area contributed by atoms with E-state index in [2.05, 4.69) is 37.8 Å². The summed E-state index contributed by atoms with van der Waals surface area (Å²) in [5.74, 6) is 2.53. The van der Waals surface area contributed by atoms with Gasteiger partial charge in [-0.05, 0) is 38.0 Å². The Labute approximate surface area is 201 Å². The number of ether oxygens (including phenoxy) is 2. The number of morpholine rings is 1. The zero-order chi connectivity index (χ0) is 21.3. The van der Waals surface area contributed by atoms with Crippen molar-refractivity contribution < 1.29 is 14.0 Å². The van der Waals surface area contributed by atoms with Gasteiger partial charge in [0, 0.05) is 38.8 Å². The number of guanidine groups is 1. The number of aryl methyl sites for hydroxylation is 2. The molecule has 1 aliphatic rings. The van der Waals surface area contributed by atoms with Gasteiger partial charge in [-0.15, -0.1) is 24.0 Å². The second-order valence-corrected chi connectivity index (χ2v) is 7.37. The summed E-state index contributed by atoms with van der Waals surface area (Å²) in [5.41, 5.74) is 3.35. The summed E-state index contributed by atoms with van der Waals surface area (Å²) in [5, 5.41) is 10.9. The fraction of sp³-hybridized carbons (Fsp3) is 0.545. The molecule has 1 saturated heterocycles. The predicted molar refractivity (Wildman–Crippen MR) is 133 cm³/mol. The van der Waals surface area contributed by atoms with Gasteiger partial charge in [0.2, 0.25) is 0 Å². The summed E-state index contributed by atoms with van der Waals surface area (Å²) in [6, 6.07) is 8.52. The van der Waals surface area contributed by atoms with Crippen molar-refractivity contribution in [2.24, 2.45) is 4.99 Å². The van der Waals surface area contributed by atoms with Gasteiger partial charge in [-0.2, -0.15) is 0 Å². The van der Waals surface area contributed by atoms with E-state index < -0.39 is 0 Å². The van der Waals surface area contributed by atoms with E-state index in [0.29, 0.717) is 0 Å². The molecule has 1 aromatic carbocycles. The highest BCUT2D eigenvalue weighted by atomic mass is 127. The van der Waals surface area contributed by atoms with E-state index in [-0.39, 0.29) is 30.0 Å². The van der Waals surface area contributed by atoms with E-state index in [1.165, 1.54) is 5.56 Å². The Hall–Kier alpha value is -1.85. The highest BCUT2D eigenvalue weighted by molar-refractivity contribution is 14.0. The van der Waals surface area contributed by atoms with Crippen LogP contribution < -0.4 is 15.4 Å². The summed E-state index contributed by atoms with van der Waals surface area (Å²) in [6.45, 7) is 8.77. The van der Waals surface area contributed by atoms with Crippen molar-refractivity contribution in [1.82, 2.24) is 20.7 Å². The first-order valence-electron chi connectivity index (χ1n) is 10.4. The fourth-order valence-corrected chi connectivity index (χ4v) is 3.75. The van der Waals surface area contributed by atoms with Gasteiger partial charge in [0.1, 0.15) is 11.5 Å². The first-order chi connectivity index (χ1) is 14.6. The van der Waals surface area contributed by atoms with Crippen LogP contribution >= 0.6 is 24.0 Å². The van der Waals surface area contributed by atoms with Crippen molar-refractivity contribution in [3.8, 4) is 5.75 Å². The molecule has 31 heavy (non-hydrogen) atoms. The maximum absolute atomic E-state index is 5.55. The van der Waals surface area contributed by atoms with E-state index >= 15 is 0 Å². The van der Waals surface area contributed by atoms with Crippen molar-refractivity contribution in [3.63, 3.8) is 0 Å². The number of benzene rings is 1. The number of hydrogen-bond acceptors (Lipinski definition) is 6. The van der Waals surface area contributed by atoms with Gasteiger partial charge in [0.15, 0.2) is 5.96 Å². The number of nitrogens with zero attached hydrogens (tertiary/aromatic N) is 3. The zero-order valence-electron chi connectivity index (χ0n) is 18.8. The summed E-state index contributed by atoms with van der Waals surface area (Å²) < 4.78 is 16.1. The van der Waals surface area contributed by atoms with E-state index in [4.69, 9.17) is 14.0 Å². The lowest BCUT2D eigenvalue weighted by Crippen LogP contribution is -2.46. The molecule has 1 fully saturated rings. The van der Waals surface area contributed by atoms with E-state index in [9.17, 15) is 0 Å². The third kappa shape index (κ3) is 7.08. The Balaban J connectivity index is 0.00000341. The zero-order valence-corrected chi connectivity index (χ0v) is 21.1. The van der Waals surface area contributed by atoms with Gasteiger partial charge in [0.25, 0.3) is 0 Å². The minimum absolute atomic E-state index is 0.